The van der Waals surface area contributed by atoms with Gasteiger partial charge in [0, 0.05) is 31.7 Å². The number of aliphatic imine (C=N–C) groups is 1. The largest absolute Gasteiger partial charge is 0.357 e. The van der Waals surface area contributed by atoms with Crippen molar-refractivity contribution in [2.45, 2.75) is 58.9 Å². The van der Waals surface area contributed by atoms with E-state index >= 15 is 0 Å². The number of pyridine rings is 1. The summed E-state index contributed by atoms with van der Waals surface area (Å²) in [4.78, 5) is 13.3. The first-order valence-electron chi connectivity index (χ1n) is 10.4. The van der Waals surface area contributed by atoms with E-state index in [0.717, 1.165) is 24.3 Å². The quantitative estimate of drug-likeness (QED) is 0.561. The van der Waals surface area contributed by atoms with Crippen molar-refractivity contribution in [1.29, 1.82) is 0 Å². The molecule has 0 aromatic carbocycles. The normalized spacial score (nSPS) is 20.4. The lowest BCUT2D eigenvalue weighted by Crippen LogP contribution is -2.45. The van der Waals surface area contributed by atoms with E-state index in [1.54, 1.807) is 6.20 Å². The van der Waals surface area contributed by atoms with Crippen molar-refractivity contribution < 1.29 is 4.52 Å². The SMILES string of the molecule is CCNC(=NCCc1noc(-c2ccccn2)n1)NC1CCC(C(C)C)CC1. The molecule has 1 fully saturated rings. The van der Waals surface area contributed by atoms with E-state index in [9.17, 15) is 0 Å². The summed E-state index contributed by atoms with van der Waals surface area (Å²) in [6.45, 7) is 8.21. The van der Waals surface area contributed by atoms with E-state index in [2.05, 4.69) is 46.5 Å². The van der Waals surface area contributed by atoms with Crippen molar-refractivity contribution >= 4 is 5.96 Å². The molecule has 28 heavy (non-hydrogen) atoms. The Morgan fingerprint density at radius 3 is 2.75 bits per heavy atom. The van der Waals surface area contributed by atoms with Crippen LogP contribution in [-0.2, 0) is 6.42 Å². The molecule has 2 N–H and O–H groups in total. The van der Waals surface area contributed by atoms with Crippen LogP contribution in [0.25, 0.3) is 11.6 Å². The maximum atomic E-state index is 5.30. The van der Waals surface area contributed by atoms with Gasteiger partial charge in [0.1, 0.15) is 5.69 Å². The summed E-state index contributed by atoms with van der Waals surface area (Å²) in [5.41, 5.74) is 0.691. The number of nitrogens with one attached hydrogen (secondary N) is 2. The van der Waals surface area contributed by atoms with Crippen LogP contribution < -0.4 is 10.6 Å². The fourth-order valence-corrected chi connectivity index (χ4v) is 3.66. The highest BCUT2D eigenvalue weighted by Crippen LogP contribution is 2.29. The lowest BCUT2D eigenvalue weighted by molar-refractivity contribution is 0.250. The van der Waals surface area contributed by atoms with E-state index in [1.165, 1.54) is 25.7 Å². The molecule has 2 aromatic rings. The molecule has 0 saturated heterocycles. The van der Waals surface area contributed by atoms with Gasteiger partial charge in [-0.15, -0.1) is 0 Å². The van der Waals surface area contributed by atoms with Crippen LogP contribution in [0.1, 0.15) is 52.3 Å². The fraction of sp³-hybridized carbons (Fsp3) is 0.619. The lowest BCUT2D eigenvalue weighted by Gasteiger charge is -2.32. The number of hydrogen-bond donors (Lipinski definition) is 2. The van der Waals surface area contributed by atoms with Crippen LogP contribution in [0.5, 0.6) is 0 Å². The van der Waals surface area contributed by atoms with E-state index < -0.39 is 0 Å². The Morgan fingerprint density at radius 1 is 1.25 bits per heavy atom. The van der Waals surface area contributed by atoms with E-state index in [-0.39, 0.29) is 0 Å². The van der Waals surface area contributed by atoms with Gasteiger partial charge in [-0.1, -0.05) is 25.1 Å². The third-order valence-corrected chi connectivity index (χ3v) is 5.36. The zero-order chi connectivity index (χ0) is 19.8. The molecular weight excluding hydrogens is 352 g/mol. The molecule has 0 amide bonds. The van der Waals surface area contributed by atoms with Crippen molar-refractivity contribution in [2.75, 3.05) is 13.1 Å². The van der Waals surface area contributed by atoms with Crippen molar-refractivity contribution in [2.24, 2.45) is 16.8 Å². The Bertz CT molecular complexity index is 734. The van der Waals surface area contributed by atoms with Crippen molar-refractivity contribution in [1.82, 2.24) is 25.8 Å². The first-order chi connectivity index (χ1) is 13.7. The Kier molecular flexibility index (Phi) is 7.39. The molecule has 1 saturated carbocycles. The van der Waals surface area contributed by atoms with Crippen LogP contribution in [0.4, 0.5) is 0 Å². The first-order valence-corrected chi connectivity index (χ1v) is 10.4. The average Bonchev–Trinajstić information content (AvgIpc) is 3.18. The molecule has 7 heteroatoms. The lowest BCUT2D eigenvalue weighted by atomic mass is 9.80. The van der Waals surface area contributed by atoms with Crippen LogP contribution in [-0.4, -0.2) is 40.2 Å². The molecule has 2 aromatic heterocycles. The molecule has 0 bridgehead atoms. The van der Waals surface area contributed by atoms with E-state index in [0.29, 0.717) is 36.4 Å². The Morgan fingerprint density at radius 2 is 2.07 bits per heavy atom. The van der Waals surface area contributed by atoms with Crippen LogP contribution in [0.2, 0.25) is 0 Å². The third-order valence-electron chi connectivity index (χ3n) is 5.36. The van der Waals surface area contributed by atoms with Gasteiger partial charge in [0.05, 0.1) is 0 Å². The smallest absolute Gasteiger partial charge is 0.276 e. The van der Waals surface area contributed by atoms with Gasteiger partial charge in [-0.3, -0.25) is 9.98 Å². The summed E-state index contributed by atoms with van der Waals surface area (Å²) in [5, 5.41) is 11.0. The van der Waals surface area contributed by atoms with Crippen LogP contribution in [0.15, 0.2) is 33.9 Å². The average molecular weight is 385 g/mol. The molecule has 0 aliphatic heterocycles. The van der Waals surface area contributed by atoms with E-state index in [4.69, 9.17) is 9.52 Å². The van der Waals surface area contributed by atoms with Crippen molar-refractivity contribution in [3.05, 3.63) is 30.2 Å². The maximum Gasteiger partial charge on any atom is 0.276 e. The number of hydrogen-bond acceptors (Lipinski definition) is 5. The second kappa shape index (κ2) is 10.2. The molecule has 152 valence electrons. The Labute approximate surface area is 167 Å². The minimum absolute atomic E-state index is 0.450. The molecule has 0 atom stereocenters. The highest BCUT2D eigenvalue weighted by molar-refractivity contribution is 5.80. The van der Waals surface area contributed by atoms with E-state index in [1.807, 2.05) is 18.2 Å². The first kappa shape index (κ1) is 20.3. The Hall–Kier alpha value is -2.44. The van der Waals surface area contributed by atoms with Gasteiger partial charge in [0.15, 0.2) is 11.8 Å². The van der Waals surface area contributed by atoms with Gasteiger partial charge < -0.3 is 15.2 Å². The monoisotopic (exact) mass is 384 g/mol. The number of aromatic nitrogens is 3. The minimum atomic E-state index is 0.450. The van der Waals surface area contributed by atoms with Crippen LogP contribution >= 0.6 is 0 Å². The summed E-state index contributed by atoms with van der Waals surface area (Å²) >= 11 is 0. The van der Waals surface area contributed by atoms with Gasteiger partial charge >= 0.3 is 0 Å². The second-order valence-corrected chi connectivity index (χ2v) is 7.74. The number of guanidine groups is 1. The topological polar surface area (TPSA) is 88.2 Å². The molecular formula is C21H32N6O. The predicted molar refractivity (Wildman–Crippen MR) is 111 cm³/mol. The molecule has 3 rings (SSSR count). The predicted octanol–water partition coefficient (Wildman–Crippen LogP) is 3.44. The van der Waals surface area contributed by atoms with Crippen molar-refractivity contribution in [3.63, 3.8) is 0 Å². The summed E-state index contributed by atoms with van der Waals surface area (Å²) in [6.07, 6.45) is 7.37. The maximum absolute atomic E-state index is 5.30. The van der Waals surface area contributed by atoms with Crippen LogP contribution in [0.3, 0.4) is 0 Å². The van der Waals surface area contributed by atoms with Crippen molar-refractivity contribution in [3.8, 4) is 11.6 Å². The molecule has 2 heterocycles. The summed E-state index contributed by atoms with van der Waals surface area (Å²) in [5.74, 6) is 3.63. The summed E-state index contributed by atoms with van der Waals surface area (Å²) in [7, 11) is 0. The van der Waals surface area contributed by atoms with Crippen LogP contribution in [0, 0.1) is 11.8 Å². The molecule has 1 aliphatic carbocycles. The zero-order valence-electron chi connectivity index (χ0n) is 17.2. The number of rotatable bonds is 7. The second-order valence-electron chi connectivity index (χ2n) is 7.74. The minimum Gasteiger partial charge on any atom is -0.357 e. The fourth-order valence-electron chi connectivity index (χ4n) is 3.66. The molecule has 0 unspecified atom stereocenters. The molecule has 0 radical (unpaired) electrons. The van der Waals surface area contributed by atoms with Gasteiger partial charge in [-0.25, -0.2) is 0 Å². The van der Waals surface area contributed by atoms with Gasteiger partial charge in [0.25, 0.3) is 5.89 Å². The standard InChI is InChI=1S/C21H32N6O/c1-4-22-21(25-17-10-8-16(9-11-17)15(2)3)24-14-12-19-26-20(28-27-19)18-7-5-6-13-23-18/h5-7,13,15-17H,4,8-12,14H2,1-3H3,(H2,22,24,25). The molecule has 0 spiro atoms. The molecule has 1 aliphatic rings. The van der Waals surface area contributed by atoms with Gasteiger partial charge in [0.2, 0.25) is 0 Å². The highest BCUT2D eigenvalue weighted by Gasteiger charge is 2.23. The van der Waals surface area contributed by atoms with Gasteiger partial charge in [-0.2, -0.15) is 4.98 Å². The summed E-state index contributed by atoms with van der Waals surface area (Å²) < 4.78 is 5.30. The van der Waals surface area contributed by atoms with Gasteiger partial charge in [-0.05, 0) is 56.6 Å². The third kappa shape index (κ3) is 5.78. The number of nitrogens with zero attached hydrogens (tertiary/aromatic N) is 4. The summed E-state index contributed by atoms with van der Waals surface area (Å²) in [6, 6.07) is 6.13. The molecule has 7 nitrogen and oxygen atoms in total. The zero-order valence-corrected chi connectivity index (χ0v) is 17.2. The highest BCUT2D eigenvalue weighted by atomic mass is 16.5. The Balaban J connectivity index is 1.50.